The van der Waals surface area contributed by atoms with E-state index in [0.717, 1.165) is 16.1 Å². The third-order valence-electron chi connectivity index (χ3n) is 3.18. The van der Waals surface area contributed by atoms with Gasteiger partial charge in [0, 0.05) is 22.0 Å². The van der Waals surface area contributed by atoms with Crippen LogP contribution in [0.1, 0.15) is 30.0 Å². The maximum Gasteiger partial charge on any atom is 0.0453 e. The molecule has 0 saturated heterocycles. The van der Waals surface area contributed by atoms with Crippen LogP contribution in [0.25, 0.3) is 0 Å². The van der Waals surface area contributed by atoms with Crippen molar-refractivity contribution in [3.63, 3.8) is 0 Å². The minimum absolute atomic E-state index is 0.142. The van der Waals surface area contributed by atoms with Gasteiger partial charge in [0.15, 0.2) is 0 Å². The lowest BCUT2D eigenvalue weighted by atomic mass is 9.89. The fraction of sp³-hybridized carbons (Fsp3) is 0.200. The minimum Gasteiger partial charge on any atom is -0.323 e. The molecule has 0 fully saturated rings. The molecule has 0 bridgehead atoms. The summed E-state index contributed by atoms with van der Waals surface area (Å²) in [6.45, 7) is 2.08. The van der Waals surface area contributed by atoms with Gasteiger partial charge in [0.05, 0.1) is 0 Å². The Hall–Kier alpha value is -1.02. The van der Waals surface area contributed by atoms with Crippen molar-refractivity contribution in [2.24, 2.45) is 5.73 Å². The number of rotatable bonds is 3. The highest BCUT2D eigenvalue weighted by Gasteiger charge is 2.18. The number of benzene rings is 2. The largest absolute Gasteiger partial charge is 0.323 e. The first-order chi connectivity index (χ1) is 8.59. The predicted molar refractivity (Wildman–Crippen MR) is 78.2 cm³/mol. The molecule has 18 heavy (non-hydrogen) atoms. The molecule has 0 heterocycles. The van der Waals surface area contributed by atoms with Crippen LogP contribution >= 0.6 is 23.2 Å². The van der Waals surface area contributed by atoms with Gasteiger partial charge in [0.25, 0.3) is 0 Å². The quantitative estimate of drug-likeness (QED) is 0.858. The molecule has 1 nitrogen and oxygen atoms in total. The van der Waals surface area contributed by atoms with Crippen molar-refractivity contribution in [3.8, 4) is 0 Å². The molecule has 0 spiro atoms. The molecule has 94 valence electrons. The molecule has 0 aliphatic carbocycles. The summed E-state index contributed by atoms with van der Waals surface area (Å²) in [5.74, 6) is 0.156. The van der Waals surface area contributed by atoms with E-state index in [-0.39, 0.29) is 12.0 Å². The number of nitrogens with two attached hydrogens (primary N) is 1. The molecule has 2 N–H and O–H groups in total. The van der Waals surface area contributed by atoms with E-state index in [2.05, 4.69) is 6.92 Å². The van der Waals surface area contributed by atoms with Gasteiger partial charge in [-0.25, -0.2) is 0 Å². The fourth-order valence-electron chi connectivity index (χ4n) is 2.01. The zero-order valence-corrected chi connectivity index (χ0v) is 11.6. The highest BCUT2D eigenvalue weighted by atomic mass is 35.5. The molecule has 0 aromatic heterocycles. The van der Waals surface area contributed by atoms with Gasteiger partial charge in [-0.2, -0.15) is 0 Å². The van der Waals surface area contributed by atoms with Crippen molar-refractivity contribution in [1.82, 2.24) is 0 Å². The van der Waals surface area contributed by atoms with Crippen molar-refractivity contribution in [2.45, 2.75) is 18.9 Å². The highest BCUT2D eigenvalue weighted by molar-refractivity contribution is 6.31. The fourth-order valence-corrected chi connectivity index (χ4v) is 2.47. The molecule has 2 aromatic rings. The molecule has 2 rings (SSSR count). The van der Waals surface area contributed by atoms with Crippen molar-refractivity contribution in [2.75, 3.05) is 0 Å². The molecular weight excluding hydrogens is 265 g/mol. The summed E-state index contributed by atoms with van der Waals surface area (Å²) in [6, 6.07) is 15.3. The van der Waals surface area contributed by atoms with E-state index in [1.165, 1.54) is 0 Å². The molecular formula is C15H15Cl2N. The SMILES string of the molecule is CC(c1cccc(Cl)c1)C(N)c1ccccc1Cl. The molecule has 0 aliphatic heterocycles. The van der Waals surface area contributed by atoms with E-state index in [9.17, 15) is 0 Å². The Kier molecular flexibility index (Phi) is 4.28. The van der Waals surface area contributed by atoms with Gasteiger partial charge in [0.2, 0.25) is 0 Å². The Labute approximate surface area is 118 Å². The summed E-state index contributed by atoms with van der Waals surface area (Å²) in [7, 11) is 0. The zero-order chi connectivity index (χ0) is 13.1. The van der Waals surface area contributed by atoms with Crippen LogP contribution in [0, 0.1) is 0 Å². The molecule has 0 radical (unpaired) electrons. The first-order valence-electron chi connectivity index (χ1n) is 5.85. The first-order valence-corrected chi connectivity index (χ1v) is 6.60. The van der Waals surface area contributed by atoms with E-state index in [4.69, 9.17) is 28.9 Å². The van der Waals surface area contributed by atoms with Gasteiger partial charge in [-0.1, -0.05) is 60.5 Å². The Morgan fingerprint density at radius 1 is 1.00 bits per heavy atom. The van der Waals surface area contributed by atoms with Crippen LogP contribution in [-0.4, -0.2) is 0 Å². The normalized spacial score (nSPS) is 14.2. The molecule has 0 aliphatic rings. The highest BCUT2D eigenvalue weighted by Crippen LogP contribution is 2.33. The third-order valence-corrected chi connectivity index (χ3v) is 3.76. The van der Waals surface area contributed by atoms with E-state index in [1.807, 2.05) is 48.5 Å². The Morgan fingerprint density at radius 3 is 2.39 bits per heavy atom. The lowest BCUT2D eigenvalue weighted by Gasteiger charge is -2.21. The zero-order valence-electron chi connectivity index (χ0n) is 10.1. The lowest BCUT2D eigenvalue weighted by Crippen LogP contribution is -2.18. The summed E-state index contributed by atoms with van der Waals surface area (Å²) in [5, 5.41) is 1.43. The molecule has 3 heteroatoms. The maximum absolute atomic E-state index is 6.29. The smallest absolute Gasteiger partial charge is 0.0453 e. The van der Waals surface area contributed by atoms with E-state index < -0.39 is 0 Å². The number of halogens is 2. The Balaban J connectivity index is 2.29. The van der Waals surface area contributed by atoms with Crippen LogP contribution < -0.4 is 5.73 Å². The molecule has 2 unspecified atom stereocenters. The lowest BCUT2D eigenvalue weighted by molar-refractivity contribution is 0.598. The van der Waals surface area contributed by atoms with Crippen LogP contribution in [0.4, 0.5) is 0 Å². The van der Waals surface area contributed by atoms with E-state index in [1.54, 1.807) is 0 Å². The van der Waals surface area contributed by atoms with Gasteiger partial charge in [-0.3, -0.25) is 0 Å². The summed E-state index contributed by atoms with van der Waals surface area (Å²) in [5.41, 5.74) is 8.38. The maximum atomic E-state index is 6.29. The van der Waals surface area contributed by atoms with E-state index >= 15 is 0 Å². The predicted octanol–water partition coefficient (Wildman–Crippen LogP) is 4.80. The Bertz CT molecular complexity index is 540. The van der Waals surface area contributed by atoms with Crippen LogP contribution in [0.15, 0.2) is 48.5 Å². The van der Waals surface area contributed by atoms with Crippen LogP contribution in [0.2, 0.25) is 10.0 Å². The van der Waals surface area contributed by atoms with Crippen molar-refractivity contribution in [1.29, 1.82) is 0 Å². The Morgan fingerprint density at radius 2 is 1.72 bits per heavy atom. The molecule has 0 saturated carbocycles. The summed E-state index contributed by atoms with van der Waals surface area (Å²) < 4.78 is 0. The van der Waals surface area contributed by atoms with Crippen LogP contribution in [0.5, 0.6) is 0 Å². The standard InChI is InChI=1S/C15H15Cl2N/c1-10(11-5-4-6-12(16)9-11)15(18)13-7-2-3-8-14(13)17/h2-10,15H,18H2,1H3. The van der Waals surface area contributed by atoms with Crippen molar-refractivity contribution in [3.05, 3.63) is 69.7 Å². The second-order valence-corrected chi connectivity index (χ2v) is 5.23. The number of hydrogen-bond acceptors (Lipinski definition) is 1. The third kappa shape index (κ3) is 2.86. The van der Waals surface area contributed by atoms with Crippen molar-refractivity contribution >= 4 is 23.2 Å². The summed E-state index contributed by atoms with van der Waals surface area (Å²) in [6.07, 6.45) is 0. The second-order valence-electron chi connectivity index (χ2n) is 4.39. The first kappa shape index (κ1) is 13.4. The monoisotopic (exact) mass is 279 g/mol. The van der Waals surface area contributed by atoms with Gasteiger partial charge in [-0.05, 0) is 29.3 Å². The molecule has 2 atom stereocenters. The number of hydrogen-bond donors (Lipinski definition) is 1. The van der Waals surface area contributed by atoms with Gasteiger partial charge >= 0.3 is 0 Å². The summed E-state index contributed by atoms with van der Waals surface area (Å²) in [4.78, 5) is 0. The molecule has 0 amide bonds. The topological polar surface area (TPSA) is 26.0 Å². The second kappa shape index (κ2) is 5.75. The average molecular weight is 280 g/mol. The van der Waals surface area contributed by atoms with Gasteiger partial charge in [-0.15, -0.1) is 0 Å². The summed E-state index contributed by atoms with van der Waals surface area (Å²) >= 11 is 12.2. The van der Waals surface area contributed by atoms with Crippen LogP contribution in [-0.2, 0) is 0 Å². The minimum atomic E-state index is -0.142. The van der Waals surface area contributed by atoms with Gasteiger partial charge < -0.3 is 5.73 Å². The average Bonchev–Trinajstić information content (AvgIpc) is 2.37. The van der Waals surface area contributed by atoms with Gasteiger partial charge in [0.1, 0.15) is 0 Å². The van der Waals surface area contributed by atoms with E-state index in [0.29, 0.717) is 5.02 Å². The van der Waals surface area contributed by atoms with Crippen LogP contribution in [0.3, 0.4) is 0 Å². The molecule has 2 aromatic carbocycles. The van der Waals surface area contributed by atoms with Crippen molar-refractivity contribution < 1.29 is 0 Å².